The van der Waals surface area contributed by atoms with Gasteiger partial charge in [-0.15, -0.1) is 11.8 Å². The molecule has 88 valence electrons. The Balaban J connectivity index is 2.54. The second-order valence-electron chi connectivity index (χ2n) is 3.90. The molecule has 0 aliphatic rings. The first-order valence-corrected chi connectivity index (χ1v) is 6.52. The van der Waals surface area contributed by atoms with Gasteiger partial charge in [-0.25, -0.2) is 0 Å². The molecule has 0 saturated heterocycles. The van der Waals surface area contributed by atoms with E-state index in [9.17, 15) is 4.79 Å². The van der Waals surface area contributed by atoms with Gasteiger partial charge in [0.2, 0.25) is 0 Å². The predicted octanol–water partition coefficient (Wildman–Crippen LogP) is 3.00. The molecule has 1 N–H and O–H groups in total. The summed E-state index contributed by atoms with van der Waals surface area (Å²) < 4.78 is 0. The number of ketones is 1. The Labute approximate surface area is 101 Å². The molecule has 3 heteroatoms. The lowest BCUT2D eigenvalue weighted by molar-refractivity contribution is 0.0988. The number of Topliss-reactive ketones (excluding diaryl/α,β-unsaturated/α-hetero) is 1. The van der Waals surface area contributed by atoms with E-state index in [1.54, 1.807) is 11.8 Å². The summed E-state index contributed by atoms with van der Waals surface area (Å²) in [4.78, 5) is 12.5. The largest absolute Gasteiger partial charge is 0.396 e. The van der Waals surface area contributed by atoms with Crippen molar-refractivity contribution in [1.82, 2.24) is 0 Å². The zero-order chi connectivity index (χ0) is 12.0. The highest BCUT2D eigenvalue weighted by atomic mass is 32.2. The van der Waals surface area contributed by atoms with Crippen molar-refractivity contribution in [1.29, 1.82) is 0 Å². The SMILES string of the molecule is CCC(=O)c1ccc(SCC(C)CO)cc1. The third-order valence-electron chi connectivity index (χ3n) is 2.34. The van der Waals surface area contributed by atoms with Gasteiger partial charge < -0.3 is 5.11 Å². The fraction of sp³-hybridized carbons (Fsp3) is 0.462. The van der Waals surface area contributed by atoms with E-state index in [-0.39, 0.29) is 12.4 Å². The number of carbonyl (C=O) groups excluding carboxylic acids is 1. The molecule has 1 atom stereocenters. The van der Waals surface area contributed by atoms with E-state index >= 15 is 0 Å². The molecule has 0 amide bonds. The molecule has 0 saturated carbocycles. The van der Waals surface area contributed by atoms with Gasteiger partial charge in [-0.2, -0.15) is 0 Å². The van der Waals surface area contributed by atoms with Crippen LogP contribution in [0.25, 0.3) is 0 Å². The third-order valence-corrected chi connectivity index (χ3v) is 3.68. The monoisotopic (exact) mass is 238 g/mol. The van der Waals surface area contributed by atoms with Crippen LogP contribution >= 0.6 is 11.8 Å². The third kappa shape index (κ3) is 3.99. The van der Waals surface area contributed by atoms with Gasteiger partial charge >= 0.3 is 0 Å². The molecule has 0 fully saturated rings. The van der Waals surface area contributed by atoms with Crippen molar-refractivity contribution in [3.8, 4) is 0 Å². The van der Waals surface area contributed by atoms with Crippen molar-refractivity contribution in [3.63, 3.8) is 0 Å². The summed E-state index contributed by atoms with van der Waals surface area (Å²) in [6, 6.07) is 7.69. The second kappa shape index (κ2) is 6.71. The fourth-order valence-corrected chi connectivity index (χ4v) is 2.14. The Bertz CT molecular complexity index is 332. The summed E-state index contributed by atoms with van der Waals surface area (Å²) in [6.45, 7) is 4.11. The van der Waals surface area contributed by atoms with E-state index in [1.165, 1.54) is 0 Å². The van der Waals surface area contributed by atoms with Gasteiger partial charge in [-0.05, 0) is 18.1 Å². The molecule has 0 aliphatic carbocycles. The van der Waals surface area contributed by atoms with Crippen LogP contribution in [0, 0.1) is 5.92 Å². The van der Waals surface area contributed by atoms with Crippen molar-refractivity contribution in [2.24, 2.45) is 5.92 Å². The summed E-state index contributed by atoms with van der Waals surface area (Å²) in [7, 11) is 0. The summed E-state index contributed by atoms with van der Waals surface area (Å²) in [6.07, 6.45) is 0.550. The van der Waals surface area contributed by atoms with Gasteiger partial charge in [-0.1, -0.05) is 26.0 Å². The zero-order valence-electron chi connectivity index (χ0n) is 9.77. The van der Waals surface area contributed by atoms with Gasteiger partial charge in [0.15, 0.2) is 5.78 Å². The highest BCUT2D eigenvalue weighted by Crippen LogP contribution is 2.21. The van der Waals surface area contributed by atoms with Crippen LogP contribution < -0.4 is 0 Å². The Morgan fingerprint density at radius 3 is 2.50 bits per heavy atom. The zero-order valence-corrected chi connectivity index (χ0v) is 10.6. The van der Waals surface area contributed by atoms with Crippen LogP contribution in [0.5, 0.6) is 0 Å². The van der Waals surface area contributed by atoms with E-state index < -0.39 is 0 Å². The number of aliphatic hydroxyl groups is 1. The highest BCUT2D eigenvalue weighted by molar-refractivity contribution is 7.99. The van der Waals surface area contributed by atoms with Gasteiger partial charge in [-0.3, -0.25) is 4.79 Å². The van der Waals surface area contributed by atoms with Crippen LogP contribution in [0.4, 0.5) is 0 Å². The number of rotatable bonds is 6. The molecule has 0 aliphatic heterocycles. The smallest absolute Gasteiger partial charge is 0.162 e. The van der Waals surface area contributed by atoms with Crippen molar-refractivity contribution in [2.45, 2.75) is 25.2 Å². The molecule has 16 heavy (non-hydrogen) atoms. The van der Waals surface area contributed by atoms with Crippen LogP contribution in [0.15, 0.2) is 29.2 Å². The molecule has 1 rings (SSSR count). The molecular formula is C13H18O2S. The molecule has 1 aromatic rings. The van der Waals surface area contributed by atoms with E-state index in [4.69, 9.17) is 5.11 Å². The normalized spacial score (nSPS) is 12.4. The maximum Gasteiger partial charge on any atom is 0.162 e. The first kappa shape index (κ1) is 13.3. The number of hydrogen-bond acceptors (Lipinski definition) is 3. The Kier molecular flexibility index (Phi) is 5.56. The lowest BCUT2D eigenvalue weighted by atomic mass is 10.1. The van der Waals surface area contributed by atoms with E-state index in [0.29, 0.717) is 12.3 Å². The predicted molar refractivity (Wildman–Crippen MR) is 68.0 cm³/mol. The first-order valence-electron chi connectivity index (χ1n) is 5.54. The van der Waals surface area contributed by atoms with Crippen molar-refractivity contribution >= 4 is 17.5 Å². The Morgan fingerprint density at radius 1 is 1.38 bits per heavy atom. The van der Waals surface area contributed by atoms with Crippen LogP contribution in [-0.2, 0) is 0 Å². The minimum Gasteiger partial charge on any atom is -0.396 e. The molecule has 1 unspecified atom stereocenters. The first-order chi connectivity index (χ1) is 7.67. The van der Waals surface area contributed by atoms with Gasteiger partial charge in [0.05, 0.1) is 0 Å². The summed E-state index contributed by atoms with van der Waals surface area (Å²) >= 11 is 1.71. The van der Waals surface area contributed by atoms with Crippen molar-refractivity contribution in [3.05, 3.63) is 29.8 Å². The molecule has 0 spiro atoms. The summed E-state index contributed by atoms with van der Waals surface area (Å²) in [5.74, 6) is 1.39. The Morgan fingerprint density at radius 2 is 2.00 bits per heavy atom. The van der Waals surface area contributed by atoms with Crippen LogP contribution in [-0.4, -0.2) is 23.2 Å². The number of hydrogen-bond donors (Lipinski definition) is 1. The summed E-state index contributed by atoms with van der Waals surface area (Å²) in [5, 5.41) is 8.90. The lowest BCUT2D eigenvalue weighted by Gasteiger charge is -2.07. The average Bonchev–Trinajstić information content (AvgIpc) is 2.35. The molecule has 2 nitrogen and oxygen atoms in total. The maximum atomic E-state index is 11.4. The van der Waals surface area contributed by atoms with Crippen LogP contribution in [0.2, 0.25) is 0 Å². The minimum atomic E-state index is 0.181. The fourth-order valence-electron chi connectivity index (χ4n) is 1.23. The topological polar surface area (TPSA) is 37.3 Å². The molecule has 0 radical (unpaired) electrons. The van der Waals surface area contributed by atoms with Crippen molar-refractivity contribution < 1.29 is 9.90 Å². The Hall–Kier alpha value is -0.800. The highest BCUT2D eigenvalue weighted by Gasteiger charge is 2.04. The molecule has 0 aromatic heterocycles. The van der Waals surface area contributed by atoms with Crippen molar-refractivity contribution in [2.75, 3.05) is 12.4 Å². The van der Waals surface area contributed by atoms with Crippen LogP contribution in [0.3, 0.4) is 0 Å². The number of carbonyl (C=O) groups is 1. The average molecular weight is 238 g/mol. The molecule has 0 heterocycles. The maximum absolute atomic E-state index is 11.4. The minimum absolute atomic E-state index is 0.181. The second-order valence-corrected chi connectivity index (χ2v) is 4.99. The number of aliphatic hydroxyl groups excluding tert-OH is 1. The van der Waals surface area contributed by atoms with E-state index in [1.807, 2.05) is 38.1 Å². The standard InChI is InChI=1S/C13H18O2S/c1-3-13(15)11-4-6-12(7-5-11)16-9-10(2)8-14/h4-7,10,14H,3,8-9H2,1-2H3. The number of thioether (sulfide) groups is 1. The van der Waals surface area contributed by atoms with Gasteiger partial charge in [0, 0.05) is 29.2 Å². The lowest BCUT2D eigenvalue weighted by Crippen LogP contribution is -2.03. The van der Waals surface area contributed by atoms with E-state index in [0.717, 1.165) is 16.2 Å². The van der Waals surface area contributed by atoms with Gasteiger partial charge in [0.25, 0.3) is 0 Å². The van der Waals surface area contributed by atoms with Crippen LogP contribution in [0.1, 0.15) is 30.6 Å². The summed E-state index contributed by atoms with van der Waals surface area (Å²) in [5.41, 5.74) is 0.780. The van der Waals surface area contributed by atoms with E-state index in [2.05, 4.69) is 0 Å². The molecule has 0 bridgehead atoms. The number of benzene rings is 1. The van der Waals surface area contributed by atoms with Gasteiger partial charge in [0.1, 0.15) is 0 Å². The molecule has 1 aromatic carbocycles. The quantitative estimate of drug-likeness (QED) is 0.611. The molecular weight excluding hydrogens is 220 g/mol.